The van der Waals surface area contributed by atoms with Crippen LogP contribution in [0.3, 0.4) is 0 Å². The molecule has 1 aromatic carbocycles. The van der Waals surface area contributed by atoms with Crippen LogP contribution in [0, 0.1) is 6.92 Å². The third-order valence-corrected chi connectivity index (χ3v) is 4.22. The predicted molar refractivity (Wildman–Crippen MR) is 106 cm³/mol. The van der Waals surface area contributed by atoms with Gasteiger partial charge in [-0.1, -0.05) is 11.6 Å². The van der Waals surface area contributed by atoms with Crippen LogP contribution >= 0.6 is 24.0 Å². The van der Waals surface area contributed by atoms with E-state index in [0.29, 0.717) is 16.7 Å². The molecule has 0 aliphatic rings. The number of benzene rings is 1. The van der Waals surface area contributed by atoms with Crippen LogP contribution in [0.5, 0.6) is 0 Å². The number of nitrogens with zero attached hydrogens (tertiary/aromatic N) is 3. The van der Waals surface area contributed by atoms with Crippen LogP contribution in [0.2, 0.25) is 5.02 Å². The molecule has 2 N–H and O–H groups in total. The number of halogens is 2. The first-order valence-corrected chi connectivity index (χ1v) is 8.51. The van der Waals surface area contributed by atoms with E-state index in [0.717, 1.165) is 16.8 Å². The van der Waals surface area contributed by atoms with E-state index in [9.17, 15) is 4.79 Å². The molecule has 0 radical (unpaired) electrons. The summed E-state index contributed by atoms with van der Waals surface area (Å²) >= 11 is 5.92. The fraction of sp³-hybridized carbons (Fsp3) is 0.278. The molecule has 9 heteroatoms. The molecule has 1 unspecified atom stereocenters. The highest BCUT2D eigenvalue weighted by Crippen LogP contribution is 2.25. The highest BCUT2D eigenvalue weighted by Gasteiger charge is 2.21. The summed E-state index contributed by atoms with van der Waals surface area (Å²) in [6.45, 7) is 2.07. The Bertz CT molecular complexity index is 905. The van der Waals surface area contributed by atoms with Crippen molar-refractivity contribution in [2.45, 2.75) is 19.5 Å². The molecule has 7 nitrogen and oxygen atoms in total. The molecule has 0 bridgehead atoms. The molecular weight excluding hydrogens is 389 g/mol. The van der Waals surface area contributed by atoms with Crippen molar-refractivity contribution >= 4 is 29.9 Å². The number of likely N-dealkylation sites (N-methyl/N-ethyl adjacent to an activating group) is 1. The molecule has 0 spiro atoms. The minimum atomic E-state index is -0.490. The van der Waals surface area contributed by atoms with Gasteiger partial charge in [0.25, 0.3) is 0 Å². The lowest BCUT2D eigenvalue weighted by Gasteiger charge is -2.13. The maximum absolute atomic E-state index is 12.5. The summed E-state index contributed by atoms with van der Waals surface area (Å²) < 4.78 is 7.46. The third kappa shape index (κ3) is 4.88. The summed E-state index contributed by atoms with van der Waals surface area (Å²) in [7, 11) is 3.53. The molecule has 144 valence electrons. The van der Waals surface area contributed by atoms with Gasteiger partial charge in [0, 0.05) is 29.4 Å². The van der Waals surface area contributed by atoms with Crippen LogP contribution in [0.15, 0.2) is 41.1 Å². The van der Waals surface area contributed by atoms with E-state index in [4.69, 9.17) is 16.0 Å². The molecule has 1 amide bonds. The zero-order valence-corrected chi connectivity index (χ0v) is 16.8. The van der Waals surface area contributed by atoms with Gasteiger partial charge in [-0.2, -0.15) is 5.10 Å². The molecule has 0 aliphatic carbocycles. The van der Waals surface area contributed by atoms with E-state index in [1.807, 2.05) is 26.1 Å². The normalized spacial score (nSPS) is 11.7. The smallest absolute Gasteiger partial charge is 0.242 e. The number of rotatable bonds is 6. The Morgan fingerprint density at radius 2 is 2.04 bits per heavy atom. The van der Waals surface area contributed by atoms with Crippen molar-refractivity contribution in [2.75, 3.05) is 7.05 Å². The number of carbonyl (C=O) groups is 1. The number of amides is 1. The Morgan fingerprint density at radius 3 is 2.63 bits per heavy atom. The molecule has 0 fully saturated rings. The van der Waals surface area contributed by atoms with Crippen LogP contribution < -0.4 is 10.6 Å². The largest absolute Gasteiger partial charge is 0.438 e. The molecule has 2 aromatic heterocycles. The van der Waals surface area contributed by atoms with E-state index in [1.54, 1.807) is 36.3 Å². The first kappa shape index (κ1) is 21.0. The van der Waals surface area contributed by atoms with E-state index in [1.165, 1.54) is 0 Å². The number of nitrogens with one attached hydrogen (secondary N) is 2. The molecule has 0 saturated heterocycles. The van der Waals surface area contributed by atoms with E-state index in [-0.39, 0.29) is 24.9 Å². The Balaban J connectivity index is 0.00000261. The molecule has 0 saturated carbocycles. The zero-order valence-electron chi connectivity index (χ0n) is 15.2. The van der Waals surface area contributed by atoms with Gasteiger partial charge in [-0.3, -0.25) is 9.48 Å². The SMILES string of the molecule is CNC(C(=O)NCc1nc(C)c(-c2ccc(Cl)cc2)o1)c1cnn(C)c1.Cl. The topological polar surface area (TPSA) is 85.0 Å². The fourth-order valence-corrected chi connectivity index (χ4v) is 2.83. The second kappa shape index (κ2) is 9.03. The lowest BCUT2D eigenvalue weighted by Crippen LogP contribution is -2.35. The van der Waals surface area contributed by atoms with Crippen molar-refractivity contribution in [3.8, 4) is 11.3 Å². The first-order valence-electron chi connectivity index (χ1n) is 8.13. The predicted octanol–water partition coefficient (Wildman–Crippen LogP) is 3.04. The van der Waals surface area contributed by atoms with Crippen molar-refractivity contribution in [1.82, 2.24) is 25.4 Å². The van der Waals surface area contributed by atoms with Gasteiger partial charge in [0.1, 0.15) is 6.04 Å². The first-order chi connectivity index (χ1) is 12.5. The lowest BCUT2D eigenvalue weighted by molar-refractivity contribution is -0.123. The molecule has 1 atom stereocenters. The molecule has 3 rings (SSSR count). The second-order valence-corrected chi connectivity index (χ2v) is 6.35. The summed E-state index contributed by atoms with van der Waals surface area (Å²) in [6, 6.07) is 6.85. The number of aryl methyl sites for hydroxylation is 2. The zero-order chi connectivity index (χ0) is 18.7. The number of oxazole rings is 1. The average Bonchev–Trinajstić information content (AvgIpc) is 3.20. The monoisotopic (exact) mass is 409 g/mol. The van der Waals surface area contributed by atoms with Crippen molar-refractivity contribution in [3.05, 3.63) is 58.8 Å². The maximum atomic E-state index is 12.5. The summed E-state index contributed by atoms with van der Waals surface area (Å²) in [4.78, 5) is 16.9. The van der Waals surface area contributed by atoms with Gasteiger partial charge in [-0.25, -0.2) is 4.98 Å². The highest BCUT2D eigenvalue weighted by molar-refractivity contribution is 6.30. The van der Waals surface area contributed by atoms with E-state index >= 15 is 0 Å². The molecular formula is C18H21Cl2N5O2. The summed E-state index contributed by atoms with van der Waals surface area (Å²) in [5, 5.41) is 10.6. The van der Waals surface area contributed by atoms with Crippen LogP contribution in [-0.2, 0) is 18.4 Å². The number of hydrogen-bond donors (Lipinski definition) is 2. The molecule has 3 aromatic rings. The quantitative estimate of drug-likeness (QED) is 0.653. The number of carbonyl (C=O) groups excluding carboxylic acids is 1. The van der Waals surface area contributed by atoms with E-state index < -0.39 is 6.04 Å². The van der Waals surface area contributed by atoms with Gasteiger partial charge in [0.2, 0.25) is 11.8 Å². The second-order valence-electron chi connectivity index (χ2n) is 5.92. The van der Waals surface area contributed by atoms with E-state index in [2.05, 4.69) is 20.7 Å². The number of hydrogen-bond acceptors (Lipinski definition) is 5. The Hall–Kier alpha value is -2.35. The number of aromatic nitrogens is 3. The molecule has 0 aliphatic heterocycles. The van der Waals surface area contributed by atoms with Gasteiger partial charge in [0.15, 0.2) is 5.76 Å². The standard InChI is InChI=1S/C18H20ClN5O2.ClH/c1-11-17(12-4-6-14(19)7-5-12)26-15(23-11)9-21-18(25)16(20-2)13-8-22-24(3)10-13;/h4-8,10,16,20H,9H2,1-3H3,(H,21,25);1H. The van der Waals surface area contributed by atoms with Crippen molar-refractivity contribution in [2.24, 2.45) is 7.05 Å². The van der Waals surface area contributed by atoms with Crippen molar-refractivity contribution < 1.29 is 9.21 Å². The van der Waals surface area contributed by atoms with Crippen LogP contribution in [-0.4, -0.2) is 27.7 Å². The van der Waals surface area contributed by atoms with Crippen LogP contribution in [0.4, 0.5) is 0 Å². The van der Waals surface area contributed by atoms with Crippen molar-refractivity contribution in [3.63, 3.8) is 0 Å². The van der Waals surface area contributed by atoms with Crippen LogP contribution in [0.25, 0.3) is 11.3 Å². The Kier molecular flexibility index (Phi) is 7.01. The van der Waals surface area contributed by atoms with Gasteiger partial charge >= 0.3 is 0 Å². The average molecular weight is 410 g/mol. The van der Waals surface area contributed by atoms with Gasteiger partial charge in [-0.15, -0.1) is 12.4 Å². The van der Waals surface area contributed by atoms with Gasteiger partial charge in [-0.05, 0) is 38.2 Å². The minimum Gasteiger partial charge on any atom is -0.438 e. The minimum absolute atomic E-state index is 0. The maximum Gasteiger partial charge on any atom is 0.242 e. The third-order valence-electron chi connectivity index (χ3n) is 3.97. The van der Waals surface area contributed by atoms with Gasteiger partial charge in [0.05, 0.1) is 18.4 Å². The fourth-order valence-electron chi connectivity index (χ4n) is 2.70. The van der Waals surface area contributed by atoms with Crippen molar-refractivity contribution in [1.29, 1.82) is 0 Å². The summed E-state index contributed by atoms with van der Waals surface area (Å²) in [6.07, 6.45) is 3.46. The Labute approximate surface area is 168 Å². The highest BCUT2D eigenvalue weighted by atomic mass is 35.5. The Morgan fingerprint density at radius 1 is 1.33 bits per heavy atom. The molecule has 27 heavy (non-hydrogen) atoms. The molecule has 2 heterocycles. The van der Waals surface area contributed by atoms with Gasteiger partial charge < -0.3 is 15.1 Å². The lowest BCUT2D eigenvalue weighted by atomic mass is 10.1. The summed E-state index contributed by atoms with van der Waals surface area (Å²) in [5.74, 6) is 0.939. The summed E-state index contributed by atoms with van der Waals surface area (Å²) in [5.41, 5.74) is 2.44. The van der Waals surface area contributed by atoms with Crippen LogP contribution in [0.1, 0.15) is 23.2 Å².